The van der Waals surface area contributed by atoms with Crippen LogP contribution in [0.1, 0.15) is 44.7 Å². The van der Waals surface area contributed by atoms with E-state index < -0.39 is 24.5 Å². The van der Waals surface area contributed by atoms with Crippen molar-refractivity contribution in [2.24, 2.45) is 5.41 Å². The van der Waals surface area contributed by atoms with Crippen molar-refractivity contribution in [3.63, 3.8) is 0 Å². The molecule has 2 aromatic carbocycles. The van der Waals surface area contributed by atoms with E-state index in [9.17, 15) is 0 Å². The molecule has 0 nitrogen and oxygen atoms in total. The molecule has 0 spiro atoms. The second kappa shape index (κ2) is 10.9. The average Bonchev–Trinajstić information content (AvgIpc) is 3.48. The topological polar surface area (TPSA) is 0 Å². The van der Waals surface area contributed by atoms with E-state index in [4.69, 9.17) is 17.2 Å². The molecule has 2 unspecified atom stereocenters. The number of allylic oxidation sites excluding steroid dienone is 16. The summed E-state index contributed by atoms with van der Waals surface area (Å²) < 4.78 is 1.26. The molecule has 4 aliphatic carbocycles. The van der Waals surface area contributed by atoms with E-state index >= 15 is 0 Å². The molecular weight excluding hydrogens is 710 g/mol. The molecule has 2 aromatic rings. The molecule has 4 heteroatoms. The number of rotatable bonds is 5. The Morgan fingerprint density at radius 2 is 1.57 bits per heavy atom. The van der Waals surface area contributed by atoms with E-state index in [0.717, 1.165) is 12.8 Å². The predicted molar refractivity (Wildman–Crippen MR) is 173 cm³/mol. The molecule has 0 bridgehead atoms. The minimum atomic E-state index is -3.06. The van der Waals surface area contributed by atoms with Crippen LogP contribution >= 0.6 is 17.2 Å². The zero-order valence-corrected chi connectivity index (χ0v) is 29.8. The van der Waals surface area contributed by atoms with Crippen LogP contribution < -0.4 is 0 Å². The van der Waals surface area contributed by atoms with Gasteiger partial charge in [0, 0.05) is 0 Å². The van der Waals surface area contributed by atoms with Crippen molar-refractivity contribution >= 4 is 37.8 Å². The minimum absolute atomic E-state index is 0.0522. The van der Waals surface area contributed by atoms with Gasteiger partial charge in [-0.15, -0.1) is 0 Å². The summed E-state index contributed by atoms with van der Waals surface area (Å²) in [6.07, 6.45) is 20.4. The summed E-state index contributed by atoms with van der Waals surface area (Å²) in [6.45, 7) is 6.86. The summed E-state index contributed by atoms with van der Waals surface area (Å²) in [5.41, 5.74) is 11.5. The number of benzene rings is 2. The van der Waals surface area contributed by atoms with Crippen molar-refractivity contribution in [3.8, 4) is 0 Å². The van der Waals surface area contributed by atoms with Crippen LogP contribution in [0.5, 0.6) is 0 Å². The third-order valence-electron chi connectivity index (χ3n) is 9.19. The van der Waals surface area contributed by atoms with Gasteiger partial charge in [-0.2, -0.15) is 0 Å². The van der Waals surface area contributed by atoms with Crippen LogP contribution in [-0.4, -0.2) is 15.0 Å². The van der Waals surface area contributed by atoms with Crippen LogP contribution in [0, 0.1) is 5.41 Å². The first-order chi connectivity index (χ1) is 19.3. The van der Waals surface area contributed by atoms with E-state index in [1.165, 1.54) is 58.6 Å². The fourth-order valence-corrected chi connectivity index (χ4v) is 15.2. The molecule has 0 aliphatic heterocycles. The van der Waals surface area contributed by atoms with Crippen LogP contribution in [0.4, 0.5) is 0 Å². The molecule has 0 saturated carbocycles. The molecule has 2 atom stereocenters. The molecule has 40 heavy (non-hydrogen) atoms. The van der Waals surface area contributed by atoms with Gasteiger partial charge >= 0.3 is 258 Å². The molecule has 0 radical (unpaired) electrons. The Balaban J connectivity index is 1.67. The Morgan fingerprint density at radius 3 is 2.23 bits per heavy atom. The van der Waals surface area contributed by atoms with Crippen molar-refractivity contribution in [1.29, 1.82) is 0 Å². The molecule has 0 heterocycles. The molecule has 4 aliphatic rings. The molecular formula is C36H33Cl2HfSi. The van der Waals surface area contributed by atoms with Crippen LogP contribution in [0.2, 0.25) is 0 Å². The third-order valence-corrected chi connectivity index (χ3v) is 16.7. The molecule has 0 amide bonds. The fraction of sp³-hybridized carbons (Fsp3) is 0.194. The van der Waals surface area contributed by atoms with Crippen LogP contribution in [0.3, 0.4) is 0 Å². The van der Waals surface area contributed by atoms with Crippen molar-refractivity contribution in [2.45, 2.75) is 39.0 Å². The summed E-state index contributed by atoms with van der Waals surface area (Å²) in [4.78, 5) is 0. The van der Waals surface area contributed by atoms with Crippen molar-refractivity contribution in [3.05, 3.63) is 157 Å². The number of hydrogen-bond donors (Lipinski definition) is 0. The van der Waals surface area contributed by atoms with Gasteiger partial charge < -0.3 is 0 Å². The average molecular weight is 743 g/mol. The Hall–Kier alpha value is -2.10. The quantitative estimate of drug-likeness (QED) is 0.269. The maximum atomic E-state index is 7.07. The van der Waals surface area contributed by atoms with Gasteiger partial charge in [0.25, 0.3) is 0 Å². The zero-order chi connectivity index (χ0) is 28.1. The number of halogens is 2. The van der Waals surface area contributed by atoms with Gasteiger partial charge in [-0.1, -0.05) is 0 Å². The van der Waals surface area contributed by atoms with E-state index in [1.807, 2.05) is 9.85 Å². The number of fused-ring (bicyclic) bond motifs is 1. The van der Waals surface area contributed by atoms with Crippen LogP contribution in [0.25, 0.3) is 5.57 Å². The Morgan fingerprint density at radius 1 is 0.875 bits per heavy atom. The molecule has 199 valence electrons. The van der Waals surface area contributed by atoms with Crippen molar-refractivity contribution in [1.82, 2.24) is 0 Å². The molecule has 6 rings (SSSR count). The Kier molecular flexibility index (Phi) is 7.67. The normalized spacial score (nSPS) is 25.9. The van der Waals surface area contributed by atoms with E-state index in [2.05, 4.69) is 130 Å². The van der Waals surface area contributed by atoms with Crippen LogP contribution in [0.15, 0.2) is 146 Å². The predicted octanol–water partition coefficient (Wildman–Crippen LogP) is 9.06. The van der Waals surface area contributed by atoms with Gasteiger partial charge in [-0.25, -0.2) is 0 Å². The van der Waals surface area contributed by atoms with E-state index in [1.54, 1.807) is 0 Å². The van der Waals surface area contributed by atoms with E-state index in [-0.39, 0.29) is 5.41 Å². The SMILES string of the molecule is CC1=C(C)[C]([Hf]([Cl])[Cl])=C2C1=CC=CC(=[SiH2])C2(C1=CC(c2ccccc2)=C(C2(C)C=CC=CC2)C1)c1ccccc1. The van der Waals surface area contributed by atoms with Crippen LogP contribution in [-0.2, 0) is 24.5 Å². The van der Waals surface area contributed by atoms with Gasteiger partial charge in [0.15, 0.2) is 0 Å². The maximum absolute atomic E-state index is 7.07. The first-order valence-electron chi connectivity index (χ1n) is 13.9. The second-order valence-electron chi connectivity index (χ2n) is 11.4. The third kappa shape index (κ3) is 4.38. The van der Waals surface area contributed by atoms with Crippen molar-refractivity contribution in [2.75, 3.05) is 0 Å². The first kappa shape index (κ1) is 28.0. The van der Waals surface area contributed by atoms with Gasteiger partial charge in [-0.05, 0) is 0 Å². The number of hydrogen-bond acceptors (Lipinski definition) is 0. The van der Waals surface area contributed by atoms with Gasteiger partial charge in [-0.3, -0.25) is 0 Å². The second-order valence-corrected chi connectivity index (χ2v) is 23.6. The van der Waals surface area contributed by atoms with E-state index in [0.29, 0.717) is 0 Å². The van der Waals surface area contributed by atoms with Gasteiger partial charge in [0.05, 0.1) is 0 Å². The summed E-state index contributed by atoms with van der Waals surface area (Å²) in [7, 11) is 16.2. The zero-order valence-electron chi connectivity index (χ0n) is 23.3. The summed E-state index contributed by atoms with van der Waals surface area (Å²) in [5.74, 6) is 0. The summed E-state index contributed by atoms with van der Waals surface area (Å²) >= 11 is -3.06. The Labute approximate surface area is 256 Å². The summed E-state index contributed by atoms with van der Waals surface area (Å²) in [5, 5.41) is 1.34. The molecule has 0 fully saturated rings. The first-order valence-corrected chi connectivity index (χ1v) is 25.3. The van der Waals surface area contributed by atoms with Crippen molar-refractivity contribution < 1.29 is 19.1 Å². The standard InChI is InChI=1S/C36H33Si.2ClH.Hf/c1-25-22-33-30(26(25)2)18-13-19-34(37)36(33,28-16-9-5-10-17-28)29-23-31(27-14-7-4-8-15-27)32(24-29)35(3)20-11-6-12-21-35;;;/h4-20,23H,21,24,37H2,1-3H3;2*1H;/q;;;+2/p-2. The molecule has 0 saturated heterocycles. The molecule has 0 N–H and O–H groups in total. The summed E-state index contributed by atoms with van der Waals surface area (Å²) in [6, 6.07) is 22.0. The van der Waals surface area contributed by atoms with Gasteiger partial charge in [0.1, 0.15) is 0 Å². The van der Waals surface area contributed by atoms with Gasteiger partial charge in [0.2, 0.25) is 0 Å². The molecule has 0 aromatic heterocycles. The monoisotopic (exact) mass is 743 g/mol. The fourth-order valence-electron chi connectivity index (χ4n) is 7.02. The Bertz CT molecular complexity index is 1650.